The van der Waals surface area contributed by atoms with E-state index in [1.807, 2.05) is 78.9 Å². The molecule has 0 amide bonds. The highest BCUT2D eigenvalue weighted by Gasteiger charge is 2.34. The summed E-state index contributed by atoms with van der Waals surface area (Å²) in [5.41, 5.74) is 5.35. The SMILES string of the molecule is COc1ccc([C@@H]2Nc3ccccc3-n3c(-c4ccccc4)c4c(=O)n(C)c(=O)n(C)c4c32)cc1. The minimum absolute atomic E-state index is 0.298. The first-order valence-electron chi connectivity index (χ1n) is 11.4. The van der Waals surface area contributed by atoms with Gasteiger partial charge in [-0.05, 0) is 35.4 Å². The molecule has 1 aliphatic heterocycles. The zero-order valence-corrected chi connectivity index (χ0v) is 19.6. The monoisotopic (exact) mass is 464 g/mol. The lowest BCUT2D eigenvalue weighted by Crippen LogP contribution is -2.37. The van der Waals surface area contributed by atoms with Gasteiger partial charge in [0.1, 0.15) is 5.75 Å². The lowest BCUT2D eigenvalue weighted by Gasteiger charge is -2.31. The summed E-state index contributed by atoms with van der Waals surface area (Å²) in [7, 11) is 4.90. The van der Waals surface area contributed by atoms with E-state index in [1.165, 1.54) is 11.6 Å². The lowest BCUT2D eigenvalue weighted by molar-refractivity contribution is 0.414. The Balaban J connectivity index is 1.83. The number of benzene rings is 3. The quantitative estimate of drug-likeness (QED) is 0.434. The van der Waals surface area contributed by atoms with Crippen molar-refractivity contribution in [2.24, 2.45) is 14.1 Å². The zero-order valence-electron chi connectivity index (χ0n) is 19.6. The van der Waals surface area contributed by atoms with Crippen LogP contribution in [0.2, 0.25) is 0 Å². The van der Waals surface area contributed by atoms with Crippen LogP contribution >= 0.6 is 0 Å². The molecule has 35 heavy (non-hydrogen) atoms. The van der Waals surface area contributed by atoms with Crippen LogP contribution in [-0.2, 0) is 14.1 Å². The van der Waals surface area contributed by atoms with Crippen LogP contribution in [0.1, 0.15) is 17.3 Å². The van der Waals surface area contributed by atoms with Crippen molar-refractivity contribution in [2.45, 2.75) is 6.04 Å². The van der Waals surface area contributed by atoms with Gasteiger partial charge in [-0.3, -0.25) is 13.9 Å². The molecule has 0 saturated carbocycles. The first kappa shape index (κ1) is 21.0. The molecule has 3 aromatic carbocycles. The Morgan fingerprint density at radius 2 is 1.51 bits per heavy atom. The molecule has 0 bridgehead atoms. The Labute approximate surface area is 201 Å². The topological polar surface area (TPSA) is 70.2 Å². The van der Waals surface area contributed by atoms with E-state index >= 15 is 0 Å². The third kappa shape index (κ3) is 2.98. The van der Waals surface area contributed by atoms with E-state index in [1.54, 1.807) is 18.7 Å². The summed E-state index contributed by atoms with van der Waals surface area (Å²) in [4.78, 5) is 26.7. The number of ether oxygens (including phenoxy) is 1. The number of fused-ring (bicyclic) bond motifs is 5. The molecular weight excluding hydrogens is 440 g/mol. The lowest BCUT2D eigenvalue weighted by atomic mass is 9.99. The third-order valence-corrected chi connectivity index (χ3v) is 6.82. The molecule has 1 N–H and O–H groups in total. The summed E-state index contributed by atoms with van der Waals surface area (Å²) < 4.78 is 10.3. The van der Waals surface area contributed by atoms with Gasteiger partial charge in [0.15, 0.2) is 0 Å². The number of para-hydroxylation sites is 2. The number of rotatable bonds is 3. The van der Waals surface area contributed by atoms with Crippen LogP contribution in [0.25, 0.3) is 27.8 Å². The fourth-order valence-electron chi connectivity index (χ4n) is 5.13. The van der Waals surface area contributed by atoms with Crippen molar-refractivity contribution < 1.29 is 4.74 Å². The zero-order chi connectivity index (χ0) is 24.3. The molecule has 0 saturated heterocycles. The molecule has 5 aromatic rings. The van der Waals surface area contributed by atoms with Crippen molar-refractivity contribution in [3.63, 3.8) is 0 Å². The number of aryl methyl sites for hydroxylation is 1. The number of anilines is 1. The van der Waals surface area contributed by atoms with Gasteiger partial charge < -0.3 is 14.6 Å². The summed E-state index contributed by atoms with van der Waals surface area (Å²) in [6, 6.07) is 25.5. The molecule has 0 radical (unpaired) electrons. The number of nitrogens with zero attached hydrogens (tertiary/aromatic N) is 3. The smallest absolute Gasteiger partial charge is 0.331 e. The van der Waals surface area contributed by atoms with Gasteiger partial charge in [0.2, 0.25) is 0 Å². The predicted molar refractivity (Wildman–Crippen MR) is 138 cm³/mol. The van der Waals surface area contributed by atoms with Crippen molar-refractivity contribution in [3.05, 3.63) is 111 Å². The minimum Gasteiger partial charge on any atom is -0.497 e. The molecule has 0 fully saturated rings. The first-order valence-corrected chi connectivity index (χ1v) is 11.4. The van der Waals surface area contributed by atoms with Gasteiger partial charge in [0.05, 0.1) is 46.8 Å². The van der Waals surface area contributed by atoms with Crippen LogP contribution in [0.3, 0.4) is 0 Å². The van der Waals surface area contributed by atoms with Gasteiger partial charge in [-0.25, -0.2) is 4.79 Å². The van der Waals surface area contributed by atoms with E-state index in [4.69, 9.17) is 4.74 Å². The molecule has 174 valence electrons. The Kier molecular flexibility index (Phi) is 4.67. The summed E-state index contributed by atoms with van der Waals surface area (Å²) in [6.07, 6.45) is 0. The Hall–Kier alpha value is -4.52. The molecule has 0 spiro atoms. The van der Waals surface area contributed by atoms with Gasteiger partial charge in [-0.2, -0.15) is 0 Å². The third-order valence-electron chi connectivity index (χ3n) is 6.82. The fourth-order valence-corrected chi connectivity index (χ4v) is 5.13. The van der Waals surface area contributed by atoms with Crippen molar-refractivity contribution in [2.75, 3.05) is 12.4 Å². The maximum atomic E-state index is 13.7. The average molecular weight is 465 g/mol. The van der Waals surface area contributed by atoms with Crippen molar-refractivity contribution in [3.8, 4) is 22.7 Å². The normalized spacial score (nSPS) is 14.3. The highest BCUT2D eigenvalue weighted by atomic mass is 16.5. The summed E-state index contributed by atoms with van der Waals surface area (Å²) in [5.74, 6) is 0.761. The number of aromatic nitrogens is 3. The summed E-state index contributed by atoms with van der Waals surface area (Å²) in [5, 5.41) is 4.18. The van der Waals surface area contributed by atoms with Crippen LogP contribution in [0.4, 0.5) is 5.69 Å². The maximum Gasteiger partial charge on any atom is 0.331 e. The Morgan fingerprint density at radius 3 is 2.23 bits per heavy atom. The van der Waals surface area contributed by atoms with Gasteiger partial charge in [0.25, 0.3) is 5.56 Å². The maximum absolute atomic E-state index is 13.7. The molecule has 1 aliphatic rings. The Morgan fingerprint density at radius 1 is 0.829 bits per heavy atom. The second-order valence-electron chi connectivity index (χ2n) is 8.73. The van der Waals surface area contributed by atoms with E-state index in [9.17, 15) is 9.59 Å². The van der Waals surface area contributed by atoms with Crippen LogP contribution in [0.15, 0.2) is 88.5 Å². The molecule has 1 atom stereocenters. The second-order valence-corrected chi connectivity index (χ2v) is 8.73. The van der Waals surface area contributed by atoms with E-state index in [0.29, 0.717) is 10.9 Å². The molecule has 0 aliphatic carbocycles. The van der Waals surface area contributed by atoms with Crippen molar-refractivity contribution in [1.82, 2.24) is 13.7 Å². The largest absolute Gasteiger partial charge is 0.497 e. The predicted octanol–water partition coefficient (Wildman–Crippen LogP) is 4.22. The highest BCUT2D eigenvalue weighted by molar-refractivity contribution is 5.99. The Bertz CT molecular complexity index is 1710. The average Bonchev–Trinajstić information content (AvgIpc) is 3.27. The van der Waals surface area contributed by atoms with Crippen LogP contribution < -0.4 is 21.3 Å². The minimum atomic E-state index is -0.358. The van der Waals surface area contributed by atoms with E-state index in [0.717, 1.165) is 39.6 Å². The first-order chi connectivity index (χ1) is 17.0. The van der Waals surface area contributed by atoms with E-state index in [-0.39, 0.29) is 17.3 Å². The molecular formula is C28H24N4O3. The van der Waals surface area contributed by atoms with E-state index in [2.05, 4.69) is 9.88 Å². The number of methoxy groups -OCH3 is 1. The summed E-state index contributed by atoms with van der Waals surface area (Å²) in [6.45, 7) is 0. The molecule has 7 nitrogen and oxygen atoms in total. The molecule has 2 aromatic heterocycles. The van der Waals surface area contributed by atoms with Crippen LogP contribution in [0, 0.1) is 0 Å². The number of nitrogens with one attached hydrogen (secondary N) is 1. The molecule has 6 rings (SSSR count). The van der Waals surface area contributed by atoms with Crippen LogP contribution in [0.5, 0.6) is 5.75 Å². The van der Waals surface area contributed by atoms with Gasteiger partial charge in [-0.1, -0.05) is 54.6 Å². The number of hydrogen-bond acceptors (Lipinski definition) is 4. The van der Waals surface area contributed by atoms with Crippen LogP contribution in [-0.4, -0.2) is 20.8 Å². The number of hydrogen-bond donors (Lipinski definition) is 1. The molecule has 0 unspecified atom stereocenters. The van der Waals surface area contributed by atoms with Crippen molar-refractivity contribution in [1.29, 1.82) is 0 Å². The van der Waals surface area contributed by atoms with Gasteiger partial charge in [-0.15, -0.1) is 0 Å². The second kappa shape index (κ2) is 7.77. The fraction of sp³-hybridized carbons (Fsp3) is 0.143. The van der Waals surface area contributed by atoms with Gasteiger partial charge in [0, 0.05) is 14.1 Å². The van der Waals surface area contributed by atoms with E-state index < -0.39 is 0 Å². The van der Waals surface area contributed by atoms with Crippen molar-refractivity contribution >= 4 is 16.6 Å². The van der Waals surface area contributed by atoms with Gasteiger partial charge >= 0.3 is 5.69 Å². The summed E-state index contributed by atoms with van der Waals surface area (Å²) >= 11 is 0. The molecule has 7 heteroatoms. The standard InChI is InChI=1S/C28H24N4O3/c1-30-25-22(27(33)31(2)28(30)34)24(18-9-5-4-6-10-18)32-21-12-8-7-11-20(21)29-23(26(25)32)17-13-15-19(35-3)16-14-17/h4-16,23,29H,1-3H3/t23-/m0/s1. The molecule has 3 heterocycles. The highest BCUT2D eigenvalue weighted by Crippen LogP contribution is 2.45.